The molecule has 0 amide bonds. The third-order valence-electron chi connectivity index (χ3n) is 3.27. The van der Waals surface area contributed by atoms with Crippen LogP contribution in [0.4, 0.5) is 11.6 Å². The summed E-state index contributed by atoms with van der Waals surface area (Å²) in [5.41, 5.74) is 0. The van der Waals surface area contributed by atoms with Crippen LogP contribution in [0, 0.1) is 11.3 Å². The monoisotopic (exact) mass is 245 g/mol. The molecule has 0 radical (unpaired) electrons. The van der Waals surface area contributed by atoms with Gasteiger partial charge in [-0.25, -0.2) is 9.97 Å². The van der Waals surface area contributed by atoms with Crippen LogP contribution in [-0.4, -0.2) is 36.6 Å². The predicted octanol–water partition coefficient (Wildman–Crippen LogP) is 1.82. The van der Waals surface area contributed by atoms with Crippen LogP contribution in [0.5, 0.6) is 0 Å². The fourth-order valence-corrected chi connectivity index (χ4v) is 2.17. The molecule has 1 aliphatic heterocycles. The van der Waals surface area contributed by atoms with Gasteiger partial charge in [-0.3, -0.25) is 0 Å². The molecule has 2 rings (SSSR count). The maximum Gasteiger partial charge on any atom is 0.134 e. The molecule has 0 N–H and O–H groups in total. The summed E-state index contributed by atoms with van der Waals surface area (Å²) in [5, 5.41) is 8.60. The third kappa shape index (κ3) is 3.10. The van der Waals surface area contributed by atoms with E-state index >= 15 is 0 Å². The minimum atomic E-state index is 0.513. The molecule has 2 heterocycles. The van der Waals surface area contributed by atoms with Crippen LogP contribution >= 0.6 is 0 Å². The lowest BCUT2D eigenvalue weighted by atomic mass is 10.1. The molecule has 0 bridgehead atoms. The standard InChI is InChI=1S/C13H19N5/c1-17(7-5-6-14)12-10-13(16-11-15-12)18-8-3-2-4-9-18/h10-11H,2-5,7-9H2,1H3. The number of rotatable bonds is 4. The number of nitrogens with zero attached hydrogens (tertiary/aromatic N) is 5. The van der Waals surface area contributed by atoms with Crippen molar-refractivity contribution in [1.82, 2.24) is 9.97 Å². The molecule has 1 saturated heterocycles. The van der Waals surface area contributed by atoms with E-state index in [1.54, 1.807) is 6.33 Å². The van der Waals surface area contributed by atoms with Crippen LogP contribution in [0.2, 0.25) is 0 Å². The van der Waals surface area contributed by atoms with E-state index in [4.69, 9.17) is 5.26 Å². The highest BCUT2D eigenvalue weighted by atomic mass is 15.2. The molecule has 0 unspecified atom stereocenters. The van der Waals surface area contributed by atoms with E-state index in [0.717, 1.165) is 24.7 Å². The van der Waals surface area contributed by atoms with Crippen LogP contribution in [0.25, 0.3) is 0 Å². The number of hydrogen-bond donors (Lipinski definition) is 0. The van der Waals surface area contributed by atoms with Crippen molar-refractivity contribution in [2.45, 2.75) is 25.7 Å². The molecule has 1 fully saturated rings. The van der Waals surface area contributed by atoms with Crippen molar-refractivity contribution in [3.05, 3.63) is 12.4 Å². The summed E-state index contributed by atoms with van der Waals surface area (Å²) in [5.74, 6) is 1.89. The van der Waals surface area contributed by atoms with Crippen molar-refractivity contribution in [3.63, 3.8) is 0 Å². The number of hydrogen-bond acceptors (Lipinski definition) is 5. The van der Waals surface area contributed by atoms with Crippen molar-refractivity contribution >= 4 is 11.6 Å². The summed E-state index contributed by atoms with van der Waals surface area (Å²) in [7, 11) is 1.96. The van der Waals surface area contributed by atoms with Crippen LogP contribution < -0.4 is 9.80 Å². The van der Waals surface area contributed by atoms with Gasteiger partial charge in [-0.1, -0.05) is 0 Å². The van der Waals surface area contributed by atoms with Gasteiger partial charge in [-0.15, -0.1) is 0 Å². The van der Waals surface area contributed by atoms with Gasteiger partial charge >= 0.3 is 0 Å². The first-order chi connectivity index (χ1) is 8.81. The highest BCUT2D eigenvalue weighted by Crippen LogP contribution is 2.20. The Labute approximate surface area is 108 Å². The topological polar surface area (TPSA) is 56.1 Å². The Kier molecular flexibility index (Phi) is 4.35. The highest BCUT2D eigenvalue weighted by Gasteiger charge is 2.13. The molecular weight excluding hydrogens is 226 g/mol. The Bertz CT molecular complexity index is 420. The second kappa shape index (κ2) is 6.20. The van der Waals surface area contributed by atoms with E-state index in [2.05, 4.69) is 20.9 Å². The van der Waals surface area contributed by atoms with Gasteiger partial charge in [0, 0.05) is 32.7 Å². The van der Waals surface area contributed by atoms with E-state index in [0.29, 0.717) is 13.0 Å². The van der Waals surface area contributed by atoms with E-state index in [1.807, 2.05) is 18.0 Å². The fourth-order valence-electron chi connectivity index (χ4n) is 2.17. The SMILES string of the molecule is CN(CCC#N)c1cc(N2CCCCC2)ncn1. The van der Waals surface area contributed by atoms with Gasteiger partial charge in [0.15, 0.2) is 0 Å². The van der Waals surface area contributed by atoms with Gasteiger partial charge in [0.1, 0.15) is 18.0 Å². The molecule has 96 valence electrons. The van der Waals surface area contributed by atoms with Gasteiger partial charge in [0.25, 0.3) is 0 Å². The molecule has 0 atom stereocenters. The van der Waals surface area contributed by atoms with Crippen LogP contribution in [0.15, 0.2) is 12.4 Å². The molecule has 1 aliphatic rings. The van der Waals surface area contributed by atoms with Crippen molar-refractivity contribution in [1.29, 1.82) is 5.26 Å². The Hall–Kier alpha value is -1.83. The van der Waals surface area contributed by atoms with Crippen LogP contribution in [0.1, 0.15) is 25.7 Å². The number of anilines is 2. The number of nitriles is 1. The molecule has 0 aromatic carbocycles. The molecule has 18 heavy (non-hydrogen) atoms. The van der Waals surface area contributed by atoms with Gasteiger partial charge in [0.2, 0.25) is 0 Å². The lowest BCUT2D eigenvalue weighted by Gasteiger charge is -2.28. The van der Waals surface area contributed by atoms with E-state index in [-0.39, 0.29) is 0 Å². The first kappa shape index (κ1) is 12.6. The van der Waals surface area contributed by atoms with Crippen LogP contribution in [0.3, 0.4) is 0 Å². The maximum atomic E-state index is 8.60. The molecule has 0 spiro atoms. The second-order valence-corrected chi connectivity index (χ2v) is 4.61. The van der Waals surface area contributed by atoms with Gasteiger partial charge < -0.3 is 9.80 Å². The molecule has 5 nitrogen and oxygen atoms in total. The van der Waals surface area contributed by atoms with Gasteiger partial charge in [-0.2, -0.15) is 5.26 Å². The van der Waals surface area contributed by atoms with Gasteiger partial charge in [0.05, 0.1) is 12.5 Å². The summed E-state index contributed by atoms with van der Waals surface area (Å²) >= 11 is 0. The molecule has 1 aromatic heterocycles. The zero-order valence-electron chi connectivity index (χ0n) is 10.8. The molecule has 0 aliphatic carbocycles. The normalized spacial score (nSPS) is 15.2. The average molecular weight is 245 g/mol. The molecular formula is C13H19N5. The molecule has 1 aromatic rings. The quantitative estimate of drug-likeness (QED) is 0.809. The Balaban J connectivity index is 2.06. The van der Waals surface area contributed by atoms with Crippen molar-refractivity contribution < 1.29 is 0 Å². The molecule has 5 heteroatoms. The molecule has 0 saturated carbocycles. The highest BCUT2D eigenvalue weighted by molar-refractivity contribution is 5.49. The van der Waals surface area contributed by atoms with Crippen molar-refractivity contribution in [2.24, 2.45) is 0 Å². The minimum absolute atomic E-state index is 0.513. The maximum absolute atomic E-state index is 8.60. The largest absolute Gasteiger partial charge is 0.358 e. The predicted molar refractivity (Wildman–Crippen MR) is 71.6 cm³/mol. The number of aromatic nitrogens is 2. The minimum Gasteiger partial charge on any atom is -0.358 e. The zero-order valence-corrected chi connectivity index (χ0v) is 10.8. The smallest absolute Gasteiger partial charge is 0.134 e. The average Bonchev–Trinajstić information content (AvgIpc) is 2.46. The summed E-state index contributed by atoms with van der Waals surface area (Å²) < 4.78 is 0. The first-order valence-electron chi connectivity index (χ1n) is 6.46. The number of piperidine rings is 1. The Morgan fingerprint density at radius 1 is 1.33 bits per heavy atom. The van der Waals surface area contributed by atoms with E-state index < -0.39 is 0 Å². The summed E-state index contributed by atoms with van der Waals surface area (Å²) in [4.78, 5) is 12.9. The third-order valence-corrected chi connectivity index (χ3v) is 3.27. The van der Waals surface area contributed by atoms with Gasteiger partial charge in [-0.05, 0) is 19.3 Å². The fraction of sp³-hybridized carbons (Fsp3) is 0.615. The lowest BCUT2D eigenvalue weighted by molar-refractivity contribution is 0.573. The van der Waals surface area contributed by atoms with E-state index in [1.165, 1.54) is 19.3 Å². The summed E-state index contributed by atoms with van der Waals surface area (Å²) in [6.07, 6.45) is 5.92. The Morgan fingerprint density at radius 3 is 2.83 bits per heavy atom. The summed E-state index contributed by atoms with van der Waals surface area (Å²) in [6, 6.07) is 4.17. The second-order valence-electron chi connectivity index (χ2n) is 4.61. The lowest BCUT2D eigenvalue weighted by Crippen LogP contribution is -2.30. The van der Waals surface area contributed by atoms with E-state index in [9.17, 15) is 0 Å². The Morgan fingerprint density at radius 2 is 2.11 bits per heavy atom. The summed E-state index contributed by atoms with van der Waals surface area (Å²) in [6.45, 7) is 2.86. The van der Waals surface area contributed by atoms with Crippen molar-refractivity contribution in [2.75, 3.05) is 36.5 Å². The van der Waals surface area contributed by atoms with Crippen LogP contribution in [-0.2, 0) is 0 Å². The zero-order chi connectivity index (χ0) is 12.8. The van der Waals surface area contributed by atoms with Crippen molar-refractivity contribution in [3.8, 4) is 6.07 Å². The first-order valence-corrected chi connectivity index (χ1v) is 6.46.